The molecule has 1 aliphatic rings. The molecule has 0 heterocycles. The Morgan fingerprint density at radius 1 is 1.35 bits per heavy atom. The summed E-state index contributed by atoms with van der Waals surface area (Å²) in [5.74, 6) is 2.48. The van der Waals surface area contributed by atoms with Crippen molar-refractivity contribution in [2.75, 3.05) is 27.4 Å². The van der Waals surface area contributed by atoms with Crippen LogP contribution in [-0.2, 0) is 11.3 Å². The summed E-state index contributed by atoms with van der Waals surface area (Å²) in [6, 6.07) is 8.37. The molecule has 5 nitrogen and oxygen atoms in total. The van der Waals surface area contributed by atoms with Gasteiger partial charge in [0.1, 0.15) is 5.75 Å². The van der Waals surface area contributed by atoms with Crippen molar-refractivity contribution in [3.63, 3.8) is 0 Å². The summed E-state index contributed by atoms with van der Waals surface area (Å²) in [6.07, 6.45) is 2.60. The van der Waals surface area contributed by atoms with E-state index in [9.17, 15) is 0 Å². The quantitative estimate of drug-likeness (QED) is 0.376. The van der Waals surface area contributed by atoms with Gasteiger partial charge in [0.25, 0.3) is 0 Å². The van der Waals surface area contributed by atoms with E-state index in [1.165, 1.54) is 12.8 Å². The number of benzene rings is 1. The first-order valence-corrected chi connectivity index (χ1v) is 7.89. The van der Waals surface area contributed by atoms with Crippen molar-refractivity contribution in [2.45, 2.75) is 32.4 Å². The zero-order chi connectivity index (χ0) is 15.8. The van der Waals surface area contributed by atoms with Crippen LogP contribution in [0.15, 0.2) is 29.3 Å². The maximum absolute atomic E-state index is 5.93. The van der Waals surface area contributed by atoms with E-state index in [-0.39, 0.29) is 30.0 Å². The lowest BCUT2D eigenvalue weighted by Gasteiger charge is -2.18. The van der Waals surface area contributed by atoms with E-state index in [0.717, 1.165) is 29.8 Å². The summed E-state index contributed by atoms with van der Waals surface area (Å²) in [5.41, 5.74) is 1.14. The zero-order valence-corrected chi connectivity index (χ0v) is 16.5. The number of nitrogens with zero attached hydrogens (tertiary/aromatic N) is 1. The van der Waals surface area contributed by atoms with Gasteiger partial charge < -0.3 is 20.1 Å². The number of rotatable bonds is 8. The predicted octanol–water partition coefficient (Wildman–Crippen LogP) is 2.79. The highest BCUT2D eigenvalue weighted by atomic mass is 127. The van der Waals surface area contributed by atoms with Crippen LogP contribution in [0.1, 0.15) is 25.3 Å². The largest absolute Gasteiger partial charge is 0.493 e. The third kappa shape index (κ3) is 7.39. The Morgan fingerprint density at radius 3 is 2.74 bits per heavy atom. The highest BCUT2D eigenvalue weighted by Gasteiger charge is 2.22. The summed E-state index contributed by atoms with van der Waals surface area (Å²) in [4.78, 5) is 4.24. The molecule has 2 N–H and O–H groups in total. The summed E-state index contributed by atoms with van der Waals surface area (Å²) >= 11 is 0. The van der Waals surface area contributed by atoms with Gasteiger partial charge in [-0.1, -0.05) is 18.2 Å². The lowest BCUT2D eigenvalue weighted by molar-refractivity contribution is 0.179. The van der Waals surface area contributed by atoms with E-state index in [2.05, 4.69) is 28.6 Å². The third-order valence-electron chi connectivity index (χ3n) is 3.61. The minimum Gasteiger partial charge on any atom is -0.493 e. The number of hydrogen-bond acceptors (Lipinski definition) is 3. The summed E-state index contributed by atoms with van der Waals surface area (Å²) in [7, 11) is 3.46. The Balaban J connectivity index is 0.00000264. The zero-order valence-electron chi connectivity index (χ0n) is 14.2. The van der Waals surface area contributed by atoms with Gasteiger partial charge in [0.05, 0.1) is 13.2 Å². The fourth-order valence-electron chi connectivity index (χ4n) is 2.18. The van der Waals surface area contributed by atoms with Gasteiger partial charge in [0, 0.05) is 32.3 Å². The second-order valence-electron chi connectivity index (χ2n) is 5.79. The van der Waals surface area contributed by atoms with Gasteiger partial charge in [-0.15, -0.1) is 24.0 Å². The number of nitrogens with one attached hydrogen (secondary N) is 2. The Labute approximate surface area is 156 Å². The van der Waals surface area contributed by atoms with Crippen molar-refractivity contribution in [3.05, 3.63) is 29.8 Å². The van der Waals surface area contributed by atoms with Gasteiger partial charge in [-0.25, -0.2) is 0 Å². The van der Waals surface area contributed by atoms with Gasteiger partial charge >= 0.3 is 0 Å². The molecule has 0 spiro atoms. The molecule has 1 fully saturated rings. The number of aliphatic imine (C=N–C) groups is 1. The lowest BCUT2D eigenvalue weighted by atomic mass is 10.2. The first-order valence-electron chi connectivity index (χ1n) is 7.89. The molecule has 1 atom stereocenters. The standard InChI is InChI=1S/C17H27N3O2.HI/c1-13(11-21-3)20-17(18-2)19-10-15-6-4-5-7-16(15)22-12-14-8-9-14;/h4-7,13-14H,8-12H2,1-3H3,(H2,18,19,20);1H. The van der Waals surface area contributed by atoms with Crippen molar-refractivity contribution in [1.29, 1.82) is 0 Å². The van der Waals surface area contributed by atoms with E-state index >= 15 is 0 Å². The second kappa shape index (κ2) is 10.7. The summed E-state index contributed by atoms with van der Waals surface area (Å²) in [5, 5.41) is 6.61. The van der Waals surface area contributed by atoms with Crippen LogP contribution >= 0.6 is 24.0 Å². The minimum absolute atomic E-state index is 0. The second-order valence-corrected chi connectivity index (χ2v) is 5.79. The van der Waals surface area contributed by atoms with Crippen LogP contribution in [0, 0.1) is 5.92 Å². The molecule has 0 amide bonds. The summed E-state index contributed by atoms with van der Waals surface area (Å²) < 4.78 is 11.1. The van der Waals surface area contributed by atoms with Crippen LogP contribution in [-0.4, -0.2) is 39.4 Å². The van der Waals surface area contributed by atoms with Crippen LogP contribution < -0.4 is 15.4 Å². The molecule has 1 unspecified atom stereocenters. The third-order valence-corrected chi connectivity index (χ3v) is 3.61. The monoisotopic (exact) mass is 433 g/mol. The fraction of sp³-hybridized carbons (Fsp3) is 0.588. The normalized spacial score (nSPS) is 15.5. The Bertz CT molecular complexity index is 492. The number of hydrogen-bond donors (Lipinski definition) is 2. The molecule has 23 heavy (non-hydrogen) atoms. The van der Waals surface area contributed by atoms with Gasteiger partial charge in [0.15, 0.2) is 5.96 Å². The van der Waals surface area contributed by atoms with Crippen LogP contribution in [0.25, 0.3) is 0 Å². The molecule has 0 saturated heterocycles. The fourth-order valence-corrected chi connectivity index (χ4v) is 2.18. The molecular weight excluding hydrogens is 405 g/mol. The van der Waals surface area contributed by atoms with Crippen molar-refractivity contribution in [2.24, 2.45) is 10.9 Å². The van der Waals surface area contributed by atoms with E-state index in [1.807, 2.05) is 18.2 Å². The number of ether oxygens (including phenoxy) is 2. The average molecular weight is 433 g/mol. The van der Waals surface area contributed by atoms with E-state index < -0.39 is 0 Å². The highest BCUT2D eigenvalue weighted by molar-refractivity contribution is 14.0. The minimum atomic E-state index is 0. The molecular formula is C17H28IN3O2. The average Bonchev–Trinajstić information content (AvgIpc) is 3.34. The molecule has 0 bridgehead atoms. The van der Waals surface area contributed by atoms with Gasteiger partial charge in [-0.3, -0.25) is 4.99 Å². The number of para-hydroxylation sites is 1. The topological polar surface area (TPSA) is 54.9 Å². The smallest absolute Gasteiger partial charge is 0.191 e. The predicted molar refractivity (Wildman–Crippen MR) is 105 cm³/mol. The molecule has 1 aliphatic carbocycles. The maximum atomic E-state index is 5.93. The van der Waals surface area contributed by atoms with Gasteiger partial charge in [0.2, 0.25) is 0 Å². The maximum Gasteiger partial charge on any atom is 0.191 e. The Kier molecular flexibility index (Phi) is 9.31. The van der Waals surface area contributed by atoms with E-state index in [4.69, 9.17) is 9.47 Å². The van der Waals surface area contributed by atoms with Gasteiger partial charge in [-0.05, 0) is 31.7 Å². The van der Waals surface area contributed by atoms with Crippen molar-refractivity contribution in [1.82, 2.24) is 10.6 Å². The highest BCUT2D eigenvalue weighted by Crippen LogP contribution is 2.30. The molecule has 1 aromatic rings. The van der Waals surface area contributed by atoms with Crippen molar-refractivity contribution < 1.29 is 9.47 Å². The van der Waals surface area contributed by atoms with Crippen LogP contribution in [0.2, 0.25) is 0 Å². The van der Waals surface area contributed by atoms with Crippen molar-refractivity contribution in [3.8, 4) is 5.75 Å². The molecule has 2 rings (SSSR count). The SMILES string of the molecule is CN=C(NCc1ccccc1OCC1CC1)NC(C)COC.I. The van der Waals surface area contributed by atoms with Crippen LogP contribution in [0.3, 0.4) is 0 Å². The Morgan fingerprint density at radius 2 is 2.09 bits per heavy atom. The van der Waals surface area contributed by atoms with Crippen molar-refractivity contribution >= 4 is 29.9 Å². The molecule has 1 aromatic carbocycles. The van der Waals surface area contributed by atoms with Gasteiger partial charge in [-0.2, -0.15) is 0 Å². The first-order chi connectivity index (χ1) is 10.7. The van der Waals surface area contributed by atoms with Crippen LogP contribution in [0.4, 0.5) is 0 Å². The molecule has 1 saturated carbocycles. The number of methoxy groups -OCH3 is 1. The first kappa shape index (κ1) is 20.0. The lowest BCUT2D eigenvalue weighted by Crippen LogP contribution is -2.43. The number of guanidine groups is 1. The molecule has 0 aliphatic heterocycles. The van der Waals surface area contributed by atoms with Crippen LogP contribution in [0.5, 0.6) is 5.75 Å². The molecule has 0 radical (unpaired) electrons. The van der Waals surface area contributed by atoms with E-state index in [1.54, 1.807) is 14.2 Å². The molecule has 130 valence electrons. The molecule has 6 heteroatoms. The Hall–Kier alpha value is -1.02. The van der Waals surface area contributed by atoms with E-state index in [0.29, 0.717) is 13.2 Å². The molecule has 0 aromatic heterocycles. The number of halogens is 1. The summed E-state index contributed by atoms with van der Waals surface area (Å²) in [6.45, 7) is 4.21.